The molecule has 5 unspecified atom stereocenters. The van der Waals surface area contributed by atoms with E-state index in [0.717, 1.165) is 180 Å². The molecule has 0 rings (SSSR count). The molecule has 0 fully saturated rings. The number of aliphatic hydroxyl groups is 2. The third-order valence-electron chi connectivity index (χ3n) is 18.7. The molecule has 0 aliphatic rings. The Morgan fingerprint density at radius 1 is 0.235 bits per heavy atom. The quantitative estimate of drug-likeness (QED) is 0.0146. The fourth-order valence-electron chi connectivity index (χ4n) is 11.8. The van der Waals surface area contributed by atoms with E-state index < -0.39 is 91.5 Å². The van der Waals surface area contributed by atoms with Crippen LogP contribution in [0.15, 0.2) is 219 Å². The minimum atomic E-state index is -4.96. The largest absolute Gasteiger partial charge is 0.472 e. The first-order valence-corrected chi connectivity index (χ1v) is 49.0. The van der Waals surface area contributed by atoms with Crippen LogP contribution in [0.2, 0.25) is 0 Å². The molecular formula is C101H164O16P2. The van der Waals surface area contributed by atoms with Crippen LogP contribution in [0.5, 0.6) is 0 Å². The van der Waals surface area contributed by atoms with Crippen molar-refractivity contribution in [2.24, 2.45) is 0 Å². The van der Waals surface area contributed by atoms with Gasteiger partial charge in [0.25, 0.3) is 0 Å². The first-order chi connectivity index (χ1) is 58.2. The third-order valence-corrected chi connectivity index (χ3v) is 20.6. The van der Waals surface area contributed by atoms with E-state index in [1.807, 2.05) is 0 Å². The van der Waals surface area contributed by atoms with Gasteiger partial charge in [0.05, 0.1) is 26.4 Å². The van der Waals surface area contributed by atoms with Crippen LogP contribution in [-0.2, 0) is 55.8 Å². The number of esters is 3. The number of hydrogen-bond donors (Lipinski definition) is 4. The van der Waals surface area contributed by atoms with Crippen molar-refractivity contribution in [3.63, 3.8) is 0 Å². The molecular weight excluding hydrogens is 1530 g/mol. The van der Waals surface area contributed by atoms with Crippen molar-refractivity contribution < 1.29 is 75.8 Å². The molecule has 0 saturated heterocycles. The summed E-state index contributed by atoms with van der Waals surface area (Å²) in [7, 11) is -9.84. The zero-order valence-corrected chi connectivity index (χ0v) is 76.0. The molecule has 0 aromatic carbocycles. The summed E-state index contributed by atoms with van der Waals surface area (Å²) in [5, 5.41) is 20.7. The van der Waals surface area contributed by atoms with Crippen LogP contribution in [0.25, 0.3) is 0 Å². The molecule has 0 spiro atoms. The molecule has 0 aliphatic heterocycles. The van der Waals surface area contributed by atoms with Gasteiger partial charge in [-0.2, -0.15) is 0 Å². The van der Waals surface area contributed by atoms with Gasteiger partial charge in [0.15, 0.2) is 6.10 Å². The van der Waals surface area contributed by atoms with Crippen LogP contribution < -0.4 is 0 Å². The molecule has 0 aliphatic carbocycles. The fourth-order valence-corrected chi connectivity index (χ4v) is 13.4. The molecule has 0 bridgehead atoms. The lowest BCUT2D eigenvalue weighted by Gasteiger charge is -2.21. The number of unbranched alkanes of at least 4 members (excludes halogenated alkanes) is 26. The number of ether oxygens (including phenoxy) is 3. The Balaban J connectivity index is 4.63. The van der Waals surface area contributed by atoms with Gasteiger partial charge in [-0.25, -0.2) is 9.13 Å². The second-order valence-corrected chi connectivity index (χ2v) is 32.9. The normalized spacial score (nSPS) is 14.8. The van der Waals surface area contributed by atoms with Crippen molar-refractivity contribution >= 4 is 33.6 Å². The van der Waals surface area contributed by atoms with Crippen molar-refractivity contribution in [3.05, 3.63) is 219 Å². The summed E-state index contributed by atoms with van der Waals surface area (Å²) in [6, 6.07) is 0. The molecule has 0 heterocycles. The number of aliphatic hydroxyl groups excluding tert-OH is 2. The van der Waals surface area contributed by atoms with Gasteiger partial charge in [0, 0.05) is 19.3 Å². The number of hydrogen-bond acceptors (Lipinski definition) is 14. The van der Waals surface area contributed by atoms with Crippen LogP contribution >= 0.6 is 15.6 Å². The highest BCUT2D eigenvalue weighted by molar-refractivity contribution is 7.47. The van der Waals surface area contributed by atoms with E-state index >= 15 is 0 Å². The Morgan fingerprint density at radius 3 is 0.681 bits per heavy atom. The average molecular weight is 1700 g/mol. The van der Waals surface area contributed by atoms with Crippen LogP contribution in [0, 0.1) is 0 Å². The molecule has 16 nitrogen and oxygen atoms in total. The van der Waals surface area contributed by atoms with Gasteiger partial charge >= 0.3 is 33.6 Å². The van der Waals surface area contributed by atoms with Gasteiger partial charge in [-0.3, -0.25) is 32.5 Å². The van der Waals surface area contributed by atoms with E-state index in [2.05, 4.69) is 240 Å². The Labute approximate surface area is 723 Å². The first-order valence-electron chi connectivity index (χ1n) is 46.0. The summed E-state index contributed by atoms with van der Waals surface area (Å²) in [5.41, 5.74) is 0. The van der Waals surface area contributed by atoms with Crippen LogP contribution in [0.1, 0.15) is 342 Å². The maximum atomic E-state index is 13.0. The lowest BCUT2D eigenvalue weighted by Crippen LogP contribution is -2.30. The van der Waals surface area contributed by atoms with E-state index in [4.69, 9.17) is 32.3 Å². The molecule has 119 heavy (non-hydrogen) atoms. The zero-order valence-electron chi connectivity index (χ0n) is 74.2. The Hall–Kier alpha value is -6.13. The van der Waals surface area contributed by atoms with Gasteiger partial charge < -0.3 is 34.2 Å². The number of phosphoric ester groups is 2. The molecule has 0 aromatic heterocycles. The van der Waals surface area contributed by atoms with E-state index in [0.29, 0.717) is 25.7 Å². The van der Waals surface area contributed by atoms with Gasteiger partial charge in [-0.05, 0) is 173 Å². The highest BCUT2D eigenvalue weighted by atomic mass is 31.2. The number of carbonyl (C=O) groups is 3. The minimum absolute atomic E-state index is 0.0407. The predicted octanol–water partition coefficient (Wildman–Crippen LogP) is 28.5. The molecule has 674 valence electrons. The number of rotatable bonds is 85. The van der Waals surface area contributed by atoms with Crippen LogP contribution in [0.4, 0.5) is 0 Å². The topological polar surface area (TPSA) is 231 Å². The Morgan fingerprint density at radius 2 is 0.420 bits per heavy atom. The molecule has 5 atom stereocenters. The summed E-state index contributed by atoms with van der Waals surface area (Å²) in [4.78, 5) is 59.0. The molecule has 0 radical (unpaired) electrons. The standard InChI is InChI=1S/C101H164O16P2/c1-4-7-10-13-16-19-22-25-28-31-34-37-39-41-43-45-46-47-48-50-52-53-55-58-60-63-66-69-72-75-78-81-84-87-99(104)111-90-96(102)91-113-118(107,108)114-92-97(103)93-115-119(109,110)116-95-98(117-101(106)89-86-83-80-77-74-71-68-65-62-57-36-33-30-27-24-21-18-15-12-9-6-3)94-112-100(105)88-85-82-79-76-73-70-67-64-61-59-56-54-51-49-44-42-40-38-35-32-29-26-23-20-17-14-11-8-5-2/h7-12,16-21,25-30,34-38,41-44,46-47,51,54,57,65,68,74,77,96-98,102-103H,4-6,13-15,22-24,31-33,39-40,45,48-50,52-53,55-56,58-64,66-67,69-73,75-76,78-95H2,1-3H3,(H,107,108)(H,109,110)/b10-7-,11-8-,12-9-,19-16-,20-17-,21-18-,28-25-,29-26-,30-27-,37-34-,38-35-,43-41-,44-42-,47-46-,54-51-,57-36-,68-65-,77-74-. The van der Waals surface area contributed by atoms with Crippen molar-refractivity contribution in [1.82, 2.24) is 0 Å². The highest BCUT2D eigenvalue weighted by Gasteiger charge is 2.29. The molecule has 0 saturated carbocycles. The van der Waals surface area contributed by atoms with Crippen molar-refractivity contribution in [2.75, 3.05) is 39.6 Å². The summed E-state index contributed by atoms with van der Waals surface area (Å²) in [6.45, 7) is 2.29. The number of phosphoric acid groups is 2. The third kappa shape index (κ3) is 92.4. The molecule has 4 N–H and O–H groups in total. The lowest BCUT2D eigenvalue weighted by atomic mass is 10.0. The fraction of sp³-hybridized carbons (Fsp3) is 0.614. The van der Waals surface area contributed by atoms with Crippen molar-refractivity contribution in [3.8, 4) is 0 Å². The highest BCUT2D eigenvalue weighted by Crippen LogP contribution is 2.45. The maximum Gasteiger partial charge on any atom is 0.472 e. The minimum Gasteiger partial charge on any atom is -0.463 e. The zero-order chi connectivity index (χ0) is 86.5. The van der Waals surface area contributed by atoms with Gasteiger partial charge in [0.2, 0.25) is 0 Å². The lowest BCUT2D eigenvalue weighted by molar-refractivity contribution is -0.161. The van der Waals surface area contributed by atoms with E-state index in [-0.39, 0.29) is 19.3 Å². The van der Waals surface area contributed by atoms with E-state index in [1.54, 1.807) is 0 Å². The Bertz CT molecular complexity index is 3040. The second kappa shape index (κ2) is 91.1. The molecule has 18 heteroatoms. The van der Waals surface area contributed by atoms with E-state index in [1.165, 1.54) is 96.3 Å². The maximum absolute atomic E-state index is 13.0. The van der Waals surface area contributed by atoms with Gasteiger partial charge in [-0.15, -0.1) is 0 Å². The summed E-state index contributed by atoms with van der Waals surface area (Å²) in [6.07, 6.45) is 124. The van der Waals surface area contributed by atoms with Crippen molar-refractivity contribution in [2.45, 2.75) is 360 Å². The second-order valence-electron chi connectivity index (χ2n) is 30.0. The smallest absolute Gasteiger partial charge is 0.463 e. The van der Waals surface area contributed by atoms with E-state index in [9.17, 15) is 43.5 Å². The predicted molar refractivity (Wildman–Crippen MR) is 500 cm³/mol. The summed E-state index contributed by atoms with van der Waals surface area (Å²) < 4.78 is 61.4. The number of carbonyl (C=O) groups excluding carboxylic acids is 3. The summed E-state index contributed by atoms with van der Waals surface area (Å²) in [5.74, 6) is -1.64. The Kier molecular flexibility index (Phi) is 86.4. The van der Waals surface area contributed by atoms with Crippen LogP contribution in [0.3, 0.4) is 0 Å². The van der Waals surface area contributed by atoms with Gasteiger partial charge in [0.1, 0.15) is 25.4 Å². The van der Waals surface area contributed by atoms with Crippen molar-refractivity contribution in [1.29, 1.82) is 0 Å². The van der Waals surface area contributed by atoms with Gasteiger partial charge in [-0.1, -0.05) is 368 Å². The summed E-state index contributed by atoms with van der Waals surface area (Å²) >= 11 is 0. The SMILES string of the molecule is CC/C=C\C/C=C\C/C=C\C/C=C\C/C=C\C/C=C\CCCCCCCCCCCCCCCCC(=O)OCC(O)COP(=O)(O)OCC(O)COP(=O)(O)OCC(COC(=O)CCCCCCCCCCCC/C=C\C/C=C\C/C=C\C/C=C\C/C=C\C/C=C\CC)OC(=O)CCCC/C=C\C/C=C\C/C=C\C/C=C\C/C=C\C/C=C\CC. The molecule has 0 amide bonds. The number of allylic oxidation sites excluding steroid dienone is 36. The first kappa shape index (κ1) is 113. The van der Waals surface area contributed by atoms with Crippen LogP contribution in [-0.4, -0.2) is 95.9 Å². The molecule has 0 aromatic rings. The monoisotopic (exact) mass is 1700 g/mol. The average Bonchev–Trinajstić information content (AvgIpc) is 0.902.